The van der Waals surface area contributed by atoms with Gasteiger partial charge in [-0.2, -0.15) is 0 Å². The Morgan fingerprint density at radius 2 is 2.00 bits per heavy atom. The van der Waals surface area contributed by atoms with Gasteiger partial charge in [0.1, 0.15) is 6.04 Å². The first-order valence-corrected chi connectivity index (χ1v) is 11.1. The van der Waals surface area contributed by atoms with Crippen molar-refractivity contribution in [3.63, 3.8) is 0 Å². The maximum atomic E-state index is 12.5. The number of rotatable bonds is 6. The molecule has 2 heterocycles. The monoisotopic (exact) mass is 414 g/mol. The van der Waals surface area contributed by atoms with Crippen LogP contribution in [0.15, 0.2) is 48.5 Å². The van der Waals surface area contributed by atoms with Gasteiger partial charge in [0.2, 0.25) is 0 Å². The third-order valence-electron chi connectivity index (χ3n) is 5.38. The van der Waals surface area contributed by atoms with Gasteiger partial charge in [-0.3, -0.25) is 4.79 Å². The third kappa shape index (κ3) is 4.72. The van der Waals surface area contributed by atoms with Gasteiger partial charge in [0.15, 0.2) is 11.6 Å². The van der Waals surface area contributed by atoms with E-state index in [1.54, 1.807) is 11.3 Å². The molecule has 1 amide bonds. The summed E-state index contributed by atoms with van der Waals surface area (Å²) in [7, 11) is 0. The summed E-state index contributed by atoms with van der Waals surface area (Å²) in [6.07, 6.45) is 4.31. The van der Waals surface area contributed by atoms with Crippen LogP contribution in [0.1, 0.15) is 35.9 Å². The number of fused-ring (bicyclic) bond motifs is 1. The van der Waals surface area contributed by atoms with Gasteiger partial charge in [0, 0.05) is 18.0 Å². The van der Waals surface area contributed by atoms with Crippen LogP contribution in [0.25, 0.3) is 10.2 Å². The molecule has 1 aliphatic rings. The molecule has 0 bridgehead atoms. The summed E-state index contributed by atoms with van der Waals surface area (Å²) in [5.74, 6) is 0.122. The fourth-order valence-electron chi connectivity index (χ4n) is 3.89. The number of benzene rings is 2. The van der Waals surface area contributed by atoms with Crippen LogP contribution >= 0.6 is 22.9 Å². The third-order valence-corrected chi connectivity index (χ3v) is 6.78. The highest BCUT2D eigenvalue weighted by Crippen LogP contribution is 2.28. The number of amides is 1. The molecule has 1 aromatic heterocycles. The van der Waals surface area contributed by atoms with Gasteiger partial charge in [0.25, 0.3) is 5.91 Å². The number of nitrogens with zero attached hydrogens (tertiary/aromatic N) is 1. The Kier molecular flexibility index (Phi) is 6.25. The standard InChI is InChI=1S/C22H24ClN3OS/c23-17-10-8-16(9-11-17)12-13-24-21(27)15-26-14-4-3-6-19(26)22-25-18-5-1-2-7-20(18)28-22/h1-2,5,7-11,19H,3-4,6,12-15H2,(H,24,27)/p+1/t19-/m0/s1. The van der Waals surface area contributed by atoms with Crippen molar-refractivity contribution in [1.82, 2.24) is 10.3 Å². The molecule has 6 heteroatoms. The van der Waals surface area contributed by atoms with Gasteiger partial charge in [-0.05, 0) is 49.1 Å². The average molecular weight is 415 g/mol. The van der Waals surface area contributed by atoms with E-state index in [-0.39, 0.29) is 5.91 Å². The molecular weight excluding hydrogens is 390 g/mol. The molecule has 2 atom stereocenters. The van der Waals surface area contributed by atoms with Gasteiger partial charge in [0.05, 0.1) is 16.8 Å². The van der Waals surface area contributed by atoms with Crippen LogP contribution in [0, 0.1) is 0 Å². The quantitative estimate of drug-likeness (QED) is 0.649. The maximum Gasteiger partial charge on any atom is 0.275 e. The van der Waals surface area contributed by atoms with Crippen LogP contribution in [0.2, 0.25) is 5.02 Å². The Hall–Kier alpha value is -1.95. The topological polar surface area (TPSA) is 46.4 Å². The van der Waals surface area contributed by atoms with Crippen LogP contribution < -0.4 is 10.2 Å². The van der Waals surface area contributed by atoms with Crippen LogP contribution in [-0.2, 0) is 11.2 Å². The van der Waals surface area contributed by atoms with E-state index in [0.717, 1.165) is 29.9 Å². The second-order valence-electron chi connectivity index (χ2n) is 7.38. The SMILES string of the molecule is O=C(C[NH+]1CCCC[C@H]1c1nc2ccccc2s1)NCCc1ccc(Cl)cc1. The highest BCUT2D eigenvalue weighted by atomic mass is 35.5. The van der Waals surface area contributed by atoms with E-state index in [1.807, 2.05) is 30.3 Å². The number of carbonyl (C=O) groups is 1. The van der Waals surface area contributed by atoms with Gasteiger partial charge < -0.3 is 10.2 Å². The lowest BCUT2D eigenvalue weighted by Crippen LogP contribution is -3.14. The first-order valence-electron chi connectivity index (χ1n) is 9.90. The van der Waals surface area contributed by atoms with Crippen molar-refractivity contribution in [2.24, 2.45) is 0 Å². The van der Waals surface area contributed by atoms with Crippen molar-refractivity contribution in [1.29, 1.82) is 0 Å². The molecule has 3 aromatic rings. The number of aromatic nitrogens is 1. The molecule has 1 saturated heterocycles. The van der Waals surface area contributed by atoms with Crippen molar-refractivity contribution in [2.75, 3.05) is 19.6 Å². The lowest BCUT2D eigenvalue weighted by Gasteiger charge is -2.30. The number of nitrogens with one attached hydrogen (secondary N) is 2. The van der Waals surface area contributed by atoms with E-state index in [1.165, 1.54) is 33.0 Å². The first-order chi connectivity index (χ1) is 13.7. The molecule has 2 N–H and O–H groups in total. The Labute approximate surface area is 174 Å². The highest BCUT2D eigenvalue weighted by Gasteiger charge is 2.31. The predicted octanol–water partition coefficient (Wildman–Crippen LogP) is 3.42. The minimum Gasteiger partial charge on any atom is -0.351 e. The number of carbonyl (C=O) groups excluding carboxylic acids is 1. The zero-order valence-corrected chi connectivity index (χ0v) is 17.4. The number of hydrogen-bond donors (Lipinski definition) is 2. The minimum absolute atomic E-state index is 0.122. The van der Waals surface area contributed by atoms with Gasteiger partial charge in [-0.25, -0.2) is 4.98 Å². The Bertz CT molecular complexity index is 907. The fraction of sp³-hybridized carbons (Fsp3) is 0.364. The average Bonchev–Trinajstić information content (AvgIpc) is 3.14. The van der Waals surface area contributed by atoms with Crippen molar-refractivity contribution in [2.45, 2.75) is 31.7 Å². The number of halogens is 1. The molecular formula is C22H25ClN3OS+. The number of likely N-dealkylation sites (tertiary alicyclic amines) is 1. The number of thiazole rings is 1. The fourth-order valence-corrected chi connectivity index (χ4v) is 5.18. The van der Waals surface area contributed by atoms with E-state index in [0.29, 0.717) is 19.1 Å². The number of para-hydroxylation sites is 1. The molecule has 1 aliphatic heterocycles. The summed E-state index contributed by atoms with van der Waals surface area (Å²) in [6, 6.07) is 16.4. The second kappa shape index (κ2) is 9.03. The van der Waals surface area contributed by atoms with Crippen molar-refractivity contribution in [3.05, 3.63) is 64.1 Å². The number of piperidine rings is 1. The minimum atomic E-state index is 0.122. The Morgan fingerprint density at radius 1 is 1.18 bits per heavy atom. The van der Waals surface area contributed by atoms with E-state index < -0.39 is 0 Å². The van der Waals surface area contributed by atoms with Crippen LogP contribution in [0.5, 0.6) is 0 Å². The van der Waals surface area contributed by atoms with Gasteiger partial charge >= 0.3 is 0 Å². The Balaban J connectivity index is 1.35. The molecule has 4 rings (SSSR count). The van der Waals surface area contributed by atoms with Crippen LogP contribution in [-0.4, -0.2) is 30.5 Å². The van der Waals surface area contributed by atoms with Crippen molar-refractivity contribution < 1.29 is 9.69 Å². The zero-order chi connectivity index (χ0) is 19.3. The van der Waals surface area contributed by atoms with E-state index in [9.17, 15) is 4.79 Å². The normalized spacial score (nSPS) is 19.6. The molecule has 28 heavy (non-hydrogen) atoms. The van der Waals surface area contributed by atoms with Crippen LogP contribution in [0.3, 0.4) is 0 Å². The summed E-state index contributed by atoms with van der Waals surface area (Å²) < 4.78 is 1.23. The van der Waals surface area contributed by atoms with Crippen molar-refractivity contribution in [3.8, 4) is 0 Å². The second-order valence-corrected chi connectivity index (χ2v) is 8.88. The maximum absolute atomic E-state index is 12.5. The molecule has 0 radical (unpaired) electrons. The Morgan fingerprint density at radius 3 is 2.82 bits per heavy atom. The summed E-state index contributed by atoms with van der Waals surface area (Å²) in [5, 5.41) is 4.99. The summed E-state index contributed by atoms with van der Waals surface area (Å²) >= 11 is 7.69. The summed E-state index contributed by atoms with van der Waals surface area (Å²) in [5.41, 5.74) is 2.25. The lowest BCUT2D eigenvalue weighted by molar-refractivity contribution is -0.929. The molecule has 0 saturated carbocycles. The molecule has 0 spiro atoms. The van der Waals surface area contributed by atoms with Gasteiger partial charge in [-0.15, -0.1) is 11.3 Å². The zero-order valence-electron chi connectivity index (χ0n) is 15.8. The van der Waals surface area contributed by atoms with Gasteiger partial charge in [-0.1, -0.05) is 35.9 Å². The number of hydrogen-bond acceptors (Lipinski definition) is 3. The molecule has 2 aromatic carbocycles. The predicted molar refractivity (Wildman–Crippen MR) is 115 cm³/mol. The first kappa shape index (κ1) is 19.4. The van der Waals surface area contributed by atoms with Crippen LogP contribution in [0.4, 0.5) is 0 Å². The summed E-state index contributed by atoms with van der Waals surface area (Å²) in [4.78, 5) is 18.7. The largest absolute Gasteiger partial charge is 0.351 e. The van der Waals surface area contributed by atoms with Crippen molar-refractivity contribution >= 4 is 39.1 Å². The molecule has 1 unspecified atom stereocenters. The molecule has 4 nitrogen and oxygen atoms in total. The van der Waals surface area contributed by atoms with E-state index in [2.05, 4.69) is 23.5 Å². The number of quaternary nitrogens is 1. The smallest absolute Gasteiger partial charge is 0.275 e. The lowest BCUT2D eigenvalue weighted by atomic mass is 10.0. The van der Waals surface area contributed by atoms with E-state index in [4.69, 9.17) is 16.6 Å². The summed E-state index contributed by atoms with van der Waals surface area (Å²) in [6.45, 7) is 2.20. The molecule has 1 fully saturated rings. The molecule has 146 valence electrons. The molecule has 0 aliphatic carbocycles. The highest BCUT2D eigenvalue weighted by molar-refractivity contribution is 7.18. The van der Waals surface area contributed by atoms with E-state index >= 15 is 0 Å².